The van der Waals surface area contributed by atoms with Crippen LogP contribution in [0.4, 0.5) is 0 Å². The second-order valence-electron chi connectivity index (χ2n) is 5.64. The van der Waals surface area contributed by atoms with Crippen LogP contribution in [0.2, 0.25) is 0 Å². The van der Waals surface area contributed by atoms with Gasteiger partial charge in [-0.25, -0.2) is 0 Å². The van der Waals surface area contributed by atoms with Gasteiger partial charge in [0.15, 0.2) is 0 Å². The van der Waals surface area contributed by atoms with Gasteiger partial charge in [-0.15, -0.1) is 0 Å². The second-order valence-corrected chi connectivity index (χ2v) is 5.64. The highest BCUT2D eigenvalue weighted by Gasteiger charge is 2.18. The summed E-state index contributed by atoms with van der Waals surface area (Å²) in [5.74, 6) is 0.808. The van der Waals surface area contributed by atoms with E-state index < -0.39 is 0 Å². The van der Waals surface area contributed by atoms with Crippen molar-refractivity contribution in [2.45, 2.75) is 59.3 Å². The lowest BCUT2D eigenvalue weighted by Crippen LogP contribution is -2.33. The van der Waals surface area contributed by atoms with Gasteiger partial charge < -0.3 is 9.64 Å². The number of benzene rings is 1. The first kappa shape index (κ1) is 18.5. The topological polar surface area (TPSA) is 29.5 Å². The lowest BCUT2D eigenvalue weighted by molar-refractivity contribution is 0.0745. The zero-order valence-electron chi connectivity index (χ0n) is 14.4. The highest BCUT2D eigenvalue weighted by molar-refractivity contribution is 5.96. The van der Waals surface area contributed by atoms with Crippen LogP contribution >= 0.6 is 0 Å². The van der Waals surface area contributed by atoms with Crippen LogP contribution in [0.25, 0.3) is 0 Å². The third-order valence-corrected chi connectivity index (χ3v) is 3.77. The van der Waals surface area contributed by atoms with Gasteiger partial charge in [0.2, 0.25) is 0 Å². The molecule has 22 heavy (non-hydrogen) atoms. The van der Waals surface area contributed by atoms with E-state index in [1.165, 1.54) is 25.7 Å². The number of hydrogen-bond donors (Lipinski definition) is 0. The Balaban J connectivity index is 2.80. The van der Waals surface area contributed by atoms with E-state index in [2.05, 4.69) is 13.8 Å². The lowest BCUT2D eigenvalue weighted by Gasteiger charge is -2.24. The van der Waals surface area contributed by atoms with Gasteiger partial charge in [-0.3, -0.25) is 4.79 Å². The molecule has 0 atom stereocenters. The van der Waals surface area contributed by atoms with Crippen LogP contribution in [-0.4, -0.2) is 30.5 Å². The molecule has 3 heteroatoms. The summed E-state index contributed by atoms with van der Waals surface area (Å²) in [6.45, 7) is 8.59. The molecular weight excluding hydrogens is 274 g/mol. The molecule has 0 aliphatic carbocycles. The normalized spacial score (nSPS) is 10.5. The molecule has 0 spiro atoms. The minimum Gasteiger partial charge on any atom is -0.493 e. The van der Waals surface area contributed by atoms with Gasteiger partial charge in [0, 0.05) is 13.1 Å². The molecule has 1 aromatic rings. The smallest absolute Gasteiger partial charge is 0.257 e. The van der Waals surface area contributed by atoms with Crippen LogP contribution in [0.1, 0.15) is 69.7 Å². The maximum Gasteiger partial charge on any atom is 0.257 e. The highest BCUT2D eigenvalue weighted by atomic mass is 16.5. The van der Waals surface area contributed by atoms with Crippen LogP contribution in [-0.2, 0) is 0 Å². The predicted molar refractivity (Wildman–Crippen MR) is 92.6 cm³/mol. The van der Waals surface area contributed by atoms with E-state index in [-0.39, 0.29) is 5.91 Å². The molecule has 1 rings (SSSR count). The van der Waals surface area contributed by atoms with E-state index in [1.54, 1.807) is 0 Å². The van der Waals surface area contributed by atoms with Gasteiger partial charge in [0.05, 0.1) is 12.2 Å². The molecule has 3 nitrogen and oxygen atoms in total. The van der Waals surface area contributed by atoms with E-state index in [1.807, 2.05) is 36.1 Å². The van der Waals surface area contributed by atoms with Gasteiger partial charge in [-0.05, 0) is 31.9 Å². The van der Waals surface area contributed by atoms with E-state index in [4.69, 9.17) is 4.74 Å². The van der Waals surface area contributed by atoms with E-state index in [0.717, 1.165) is 25.9 Å². The molecule has 0 radical (unpaired) electrons. The fourth-order valence-corrected chi connectivity index (χ4v) is 2.52. The molecule has 124 valence electrons. The number of rotatable bonds is 11. The van der Waals surface area contributed by atoms with Crippen LogP contribution in [0.5, 0.6) is 5.75 Å². The Kier molecular flexibility index (Phi) is 9.36. The Bertz CT molecular complexity index is 421. The quantitative estimate of drug-likeness (QED) is 0.544. The largest absolute Gasteiger partial charge is 0.493 e. The summed E-state index contributed by atoms with van der Waals surface area (Å²) in [5, 5.41) is 0. The molecule has 0 saturated carbocycles. The van der Waals surface area contributed by atoms with Crippen molar-refractivity contribution < 1.29 is 9.53 Å². The van der Waals surface area contributed by atoms with Gasteiger partial charge in [-0.2, -0.15) is 0 Å². The first-order valence-electron chi connectivity index (χ1n) is 8.75. The third-order valence-electron chi connectivity index (χ3n) is 3.77. The first-order chi connectivity index (χ1) is 10.7. The molecular formula is C19H31NO2. The van der Waals surface area contributed by atoms with Crippen molar-refractivity contribution in [2.24, 2.45) is 0 Å². The average Bonchev–Trinajstić information content (AvgIpc) is 2.54. The standard InChI is InChI=1S/C19H31NO2/c1-4-7-11-15-20(16-12-8-5-2)19(21)17-13-9-10-14-18(17)22-6-3/h9-10,13-14H,4-8,11-12,15-16H2,1-3H3. The summed E-state index contributed by atoms with van der Waals surface area (Å²) in [5.41, 5.74) is 0.692. The number of unbranched alkanes of at least 4 members (excludes halogenated alkanes) is 4. The number of ether oxygens (including phenoxy) is 1. The Morgan fingerprint density at radius 2 is 1.55 bits per heavy atom. The van der Waals surface area contributed by atoms with Crippen LogP contribution in [0, 0.1) is 0 Å². The molecule has 1 aromatic carbocycles. The SMILES string of the molecule is CCCCCN(CCCCC)C(=O)c1ccccc1OCC. The molecule has 0 aliphatic heterocycles. The molecule has 0 aromatic heterocycles. The number of nitrogens with zero attached hydrogens (tertiary/aromatic N) is 1. The summed E-state index contributed by atoms with van der Waals surface area (Å²) in [4.78, 5) is 14.9. The van der Waals surface area contributed by atoms with E-state index >= 15 is 0 Å². The second kappa shape index (κ2) is 11.1. The molecule has 0 bridgehead atoms. The molecule has 0 fully saturated rings. The molecule has 0 heterocycles. The van der Waals surface area contributed by atoms with Crippen molar-refractivity contribution >= 4 is 5.91 Å². The molecule has 0 unspecified atom stereocenters. The number of hydrogen-bond acceptors (Lipinski definition) is 2. The third kappa shape index (κ3) is 6.08. The molecule has 0 aliphatic rings. The first-order valence-corrected chi connectivity index (χ1v) is 8.75. The zero-order valence-corrected chi connectivity index (χ0v) is 14.4. The Labute approximate surface area is 135 Å². The summed E-state index contributed by atoms with van der Waals surface area (Å²) in [6.07, 6.45) is 6.84. The Morgan fingerprint density at radius 1 is 0.955 bits per heavy atom. The minimum absolute atomic E-state index is 0.108. The van der Waals surface area contributed by atoms with Crippen molar-refractivity contribution in [3.05, 3.63) is 29.8 Å². The van der Waals surface area contributed by atoms with E-state index in [0.29, 0.717) is 17.9 Å². The maximum absolute atomic E-state index is 12.9. The maximum atomic E-state index is 12.9. The highest BCUT2D eigenvalue weighted by Crippen LogP contribution is 2.20. The van der Waals surface area contributed by atoms with Crippen molar-refractivity contribution in [1.82, 2.24) is 4.90 Å². The van der Waals surface area contributed by atoms with E-state index in [9.17, 15) is 4.79 Å². The molecule has 0 saturated heterocycles. The molecule has 0 N–H and O–H groups in total. The van der Waals surface area contributed by atoms with Crippen molar-refractivity contribution in [3.63, 3.8) is 0 Å². The van der Waals surface area contributed by atoms with Gasteiger partial charge >= 0.3 is 0 Å². The van der Waals surface area contributed by atoms with Crippen LogP contribution < -0.4 is 4.74 Å². The zero-order chi connectivity index (χ0) is 16.2. The fraction of sp³-hybridized carbons (Fsp3) is 0.632. The summed E-state index contributed by atoms with van der Waals surface area (Å²) in [6, 6.07) is 7.58. The van der Waals surface area contributed by atoms with Crippen molar-refractivity contribution in [1.29, 1.82) is 0 Å². The summed E-state index contributed by atoms with van der Waals surface area (Å²) >= 11 is 0. The summed E-state index contributed by atoms with van der Waals surface area (Å²) < 4.78 is 5.61. The van der Waals surface area contributed by atoms with Gasteiger partial charge in [0.25, 0.3) is 5.91 Å². The number of carbonyl (C=O) groups excluding carboxylic acids is 1. The number of carbonyl (C=O) groups is 1. The van der Waals surface area contributed by atoms with Gasteiger partial charge in [0.1, 0.15) is 5.75 Å². The average molecular weight is 305 g/mol. The van der Waals surface area contributed by atoms with Crippen molar-refractivity contribution in [2.75, 3.05) is 19.7 Å². The summed E-state index contributed by atoms with van der Waals surface area (Å²) in [7, 11) is 0. The predicted octanol–water partition coefficient (Wildman–Crippen LogP) is 4.91. The van der Waals surface area contributed by atoms with Crippen LogP contribution in [0.3, 0.4) is 0 Å². The van der Waals surface area contributed by atoms with Crippen LogP contribution in [0.15, 0.2) is 24.3 Å². The number of para-hydroxylation sites is 1. The Hall–Kier alpha value is -1.51. The minimum atomic E-state index is 0.108. The van der Waals surface area contributed by atoms with Gasteiger partial charge in [-0.1, -0.05) is 51.7 Å². The fourth-order valence-electron chi connectivity index (χ4n) is 2.52. The number of amides is 1. The monoisotopic (exact) mass is 305 g/mol. The van der Waals surface area contributed by atoms with Crippen molar-refractivity contribution in [3.8, 4) is 5.75 Å². The lowest BCUT2D eigenvalue weighted by atomic mass is 10.1. The molecule has 1 amide bonds. The Morgan fingerprint density at radius 3 is 2.09 bits per heavy atom.